The Bertz CT molecular complexity index is 571. The third-order valence-electron chi connectivity index (χ3n) is 3.43. The second kappa shape index (κ2) is 4.87. The summed E-state index contributed by atoms with van der Waals surface area (Å²) in [5.74, 6) is 0.791. The summed E-state index contributed by atoms with van der Waals surface area (Å²) in [4.78, 5) is 13.6. The summed E-state index contributed by atoms with van der Waals surface area (Å²) in [6.07, 6.45) is 1.58. The van der Waals surface area contributed by atoms with E-state index in [1.165, 1.54) is 0 Å². The van der Waals surface area contributed by atoms with Gasteiger partial charge in [-0.2, -0.15) is 0 Å². The van der Waals surface area contributed by atoms with Crippen molar-refractivity contribution in [1.82, 2.24) is 4.90 Å². The molecule has 0 saturated heterocycles. The van der Waals surface area contributed by atoms with Crippen LogP contribution in [0.2, 0.25) is 0 Å². The molecule has 0 bridgehead atoms. The Kier molecular flexibility index (Phi) is 3.56. The Morgan fingerprint density at radius 1 is 1.42 bits per heavy atom. The number of halogens is 1. The molecule has 1 saturated carbocycles. The standard InChI is InChI=1S/C14H16N2O2.ClH/c1-16(13(17)14(15)6-7-14)9-11-8-10-4-2-3-5-12(10)18-11;/h2-5,8H,6-7,9,15H2,1H3;1H. The number of fused-ring (bicyclic) bond motifs is 1. The lowest BCUT2D eigenvalue weighted by atomic mass is 10.2. The molecule has 2 aromatic rings. The molecule has 4 nitrogen and oxygen atoms in total. The first-order valence-corrected chi connectivity index (χ1v) is 6.10. The maximum absolute atomic E-state index is 12.0. The van der Waals surface area contributed by atoms with Gasteiger partial charge in [-0.15, -0.1) is 12.4 Å². The molecule has 1 heterocycles. The first-order valence-electron chi connectivity index (χ1n) is 6.10. The summed E-state index contributed by atoms with van der Waals surface area (Å²) < 4.78 is 5.69. The van der Waals surface area contributed by atoms with E-state index in [2.05, 4.69) is 0 Å². The van der Waals surface area contributed by atoms with Crippen LogP contribution in [0.5, 0.6) is 0 Å². The lowest BCUT2D eigenvalue weighted by Gasteiger charge is -2.19. The molecule has 1 fully saturated rings. The van der Waals surface area contributed by atoms with Crippen molar-refractivity contribution in [1.29, 1.82) is 0 Å². The quantitative estimate of drug-likeness (QED) is 0.938. The van der Waals surface area contributed by atoms with Crippen molar-refractivity contribution in [3.8, 4) is 0 Å². The Balaban J connectivity index is 0.00000133. The molecule has 5 heteroatoms. The molecule has 0 radical (unpaired) electrons. The monoisotopic (exact) mass is 280 g/mol. The number of carbonyl (C=O) groups excluding carboxylic acids is 1. The summed E-state index contributed by atoms with van der Waals surface area (Å²) in [5.41, 5.74) is 6.14. The molecule has 1 amide bonds. The number of amides is 1. The minimum Gasteiger partial charge on any atom is -0.459 e. The number of para-hydroxylation sites is 1. The van der Waals surface area contributed by atoms with Gasteiger partial charge in [0.05, 0.1) is 12.1 Å². The van der Waals surface area contributed by atoms with E-state index in [-0.39, 0.29) is 18.3 Å². The summed E-state index contributed by atoms with van der Waals surface area (Å²) in [7, 11) is 1.77. The average molecular weight is 281 g/mol. The highest BCUT2D eigenvalue weighted by atomic mass is 35.5. The second-order valence-corrected chi connectivity index (χ2v) is 5.07. The smallest absolute Gasteiger partial charge is 0.242 e. The molecule has 0 spiro atoms. The van der Waals surface area contributed by atoms with E-state index < -0.39 is 5.54 Å². The van der Waals surface area contributed by atoms with Gasteiger partial charge in [0, 0.05) is 12.4 Å². The summed E-state index contributed by atoms with van der Waals surface area (Å²) in [5, 5.41) is 1.06. The topological polar surface area (TPSA) is 59.5 Å². The molecule has 19 heavy (non-hydrogen) atoms. The highest BCUT2D eigenvalue weighted by Gasteiger charge is 2.47. The summed E-state index contributed by atoms with van der Waals surface area (Å²) >= 11 is 0. The number of hydrogen-bond donors (Lipinski definition) is 1. The number of hydrogen-bond acceptors (Lipinski definition) is 3. The van der Waals surface area contributed by atoms with Crippen molar-refractivity contribution in [2.45, 2.75) is 24.9 Å². The highest BCUT2D eigenvalue weighted by Crippen LogP contribution is 2.34. The Morgan fingerprint density at radius 3 is 2.74 bits per heavy atom. The molecule has 102 valence electrons. The zero-order valence-corrected chi connectivity index (χ0v) is 11.6. The van der Waals surface area contributed by atoms with Gasteiger partial charge in [-0.3, -0.25) is 4.79 Å². The average Bonchev–Trinajstić information content (AvgIpc) is 2.97. The van der Waals surface area contributed by atoms with Crippen LogP contribution in [0.15, 0.2) is 34.7 Å². The lowest BCUT2D eigenvalue weighted by Crippen LogP contribution is -2.43. The van der Waals surface area contributed by atoms with E-state index in [9.17, 15) is 4.79 Å². The highest BCUT2D eigenvalue weighted by molar-refractivity contribution is 5.89. The molecule has 3 rings (SSSR count). The maximum atomic E-state index is 12.0. The number of nitrogens with zero attached hydrogens (tertiary/aromatic N) is 1. The molecular formula is C14H17ClN2O2. The normalized spacial score (nSPS) is 15.9. The molecule has 2 N–H and O–H groups in total. The second-order valence-electron chi connectivity index (χ2n) is 5.07. The largest absolute Gasteiger partial charge is 0.459 e. The van der Waals surface area contributed by atoms with Crippen LogP contribution in [0.1, 0.15) is 18.6 Å². The molecule has 0 aliphatic heterocycles. The first kappa shape index (κ1) is 13.9. The van der Waals surface area contributed by atoms with Crippen LogP contribution in [0.3, 0.4) is 0 Å². The minimum atomic E-state index is -0.610. The summed E-state index contributed by atoms with van der Waals surface area (Å²) in [6, 6.07) is 9.79. The van der Waals surface area contributed by atoms with Crippen LogP contribution < -0.4 is 5.73 Å². The fraction of sp³-hybridized carbons (Fsp3) is 0.357. The van der Waals surface area contributed by atoms with E-state index >= 15 is 0 Å². The Labute approximate surface area is 118 Å². The maximum Gasteiger partial charge on any atom is 0.242 e. The van der Waals surface area contributed by atoms with Crippen LogP contribution in [0, 0.1) is 0 Å². The van der Waals surface area contributed by atoms with Crippen molar-refractivity contribution >= 4 is 29.3 Å². The first-order chi connectivity index (χ1) is 8.58. The minimum absolute atomic E-state index is 0. The van der Waals surface area contributed by atoms with Crippen molar-refractivity contribution < 1.29 is 9.21 Å². The van der Waals surface area contributed by atoms with Crippen molar-refractivity contribution in [2.24, 2.45) is 5.73 Å². The number of rotatable bonds is 3. The zero-order valence-electron chi connectivity index (χ0n) is 10.8. The molecule has 1 aliphatic rings. The van der Waals surface area contributed by atoms with Crippen LogP contribution in [-0.4, -0.2) is 23.4 Å². The van der Waals surface area contributed by atoms with Crippen molar-refractivity contribution in [3.63, 3.8) is 0 Å². The number of furan rings is 1. The van der Waals surface area contributed by atoms with Crippen LogP contribution in [0.25, 0.3) is 11.0 Å². The molecule has 1 aromatic carbocycles. The van der Waals surface area contributed by atoms with E-state index in [0.29, 0.717) is 6.54 Å². The van der Waals surface area contributed by atoms with Gasteiger partial charge in [0.15, 0.2) is 0 Å². The van der Waals surface area contributed by atoms with Gasteiger partial charge < -0.3 is 15.1 Å². The molecule has 1 aliphatic carbocycles. The van der Waals surface area contributed by atoms with Gasteiger partial charge in [0.2, 0.25) is 5.91 Å². The zero-order chi connectivity index (χ0) is 12.8. The fourth-order valence-electron chi connectivity index (χ4n) is 2.15. The van der Waals surface area contributed by atoms with Gasteiger partial charge in [-0.05, 0) is 25.0 Å². The summed E-state index contributed by atoms with van der Waals surface area (Å²) in [6.45, 7) is 0.465. The third kappa shape index (κ3) is 2.60. The van der Waals surface area contributed by atoms with Gasteiger partial charge in [-0.25, -0.2) is 0 Å². The van der Waals surface area contributed by atoms with E-state index in [0.717, 1.165) is 29.6 Å². The predicted octanol–water partition coefficient (Wildman–Crippen LogP) is 2.30. The Morgan fingerprint density at radius 2 is 2.11 bits per heavy atom. The predicted molar refractivity (Wildman–Crippen MR) is 76.1 cm³/mol. The van der Waals surface area contributed by atoms with Crippen LogP contribution >= 0.6 is 12.4 Å². The van der Waals surface area contributed by atoms with Crippen molar-refractivity contribution in [2.75, 3.05) is 7.05 Å². The number of benzene rings is 1. The number of likely N-dealkylation sites (N-methyl/N-ethyl adjacent to an activating group) is 1. The SMILES string of the molecule is CN(Cc1cc2ccccc2o1)C(=O)C1(N)CC1.Cl. The van der Waals surface area contributed by atoms with E-state index in [1.807, 2.05) is 30.3 Å². The molecule has 0 unspecified atom stereocenters. The van der Waals surface area contributed by atoms with Gasteiger partial charge in [0.25, 0.3) is 0 Å². The molecule has 1 aromatic heterocycles. The lowest BCUT2D eigenvalue weighted by molar-refractivity contribution is -0.133. The molecular weight excluding hydrogens is 264 g/mol. The van der Waals surface area contributed by atoms with E-state index in [1.54, 1.807) is 11.9 Å². The number of nitrogens with two attached hydrogens (primary N) is 1. The Hall–Kier alpha value is -1.52. The van der Waals surface area contributed by atoms with Crippen molar-refractivity contribution in [3.05, 3.63) is 36.1 Å². The van der Waals surface area contributed by atoms with Gasteiger partial charge >= 0.3 is 0 Å². The van der Waals surface area contributed by atoms with Gasteiger partial charge in [-0.1, -0.05) is 18.2 Å². The van der Waals surface area contributed by atoms with E-state index in [4.69, 9.17) is 10.2 Å². The molecule has 0 atom stereocenters. The van der Waals surface area contributed by atoms with Crippen LogP contribution in [0.4, 0.5) is 0 Å². The van der Waals surface area contributed by atoms with Gasteiger partial charge in [0.1, 0.15) is 11.3 Å². The fourth-order valence-corrected chi connectivity index (χ4v) is 2.15. The van der Waals surface area contributed by atoms with Crippen LogP contribution in [-0.2, 0) is 11.3 Å². The number of carbonyl (C=O) groups is 1. The third-order valence-corrected chi connectivity index (χ3v) is 3.43.